The molecule has 0 spiro atoms. The van der Waals surface area contributed by atoms with Gasteiger partial charge in [0.25, 0.3) is 0 Å². The van der Waals surface area contributed by atoms with Gasteiger partial charge in [0.1, 0.15) is 13.2 Å². The minimum atomic E-state index is -0.784. The number of unbranched alkanes of at least 4 members (excludes halogenated alkanes) is 43. The van der Waals surface area contributed by atoms with Gasteiger partial charge in [0.05, 0.1) is 0 Å². The molecule has 0 aliphatic rings. The minimum Gasteiger partial charge on any atom is -0.462 e. The van der Waals surface area contributed by atoms with Crippen molar-refractivity contribution in [2.45, 2.75) is 380 Å². The van der Waals surface area contributed by atoms with E-state index in [4.69, 9.17) is 14.2 Å². The van der Waals surface area contributed by atoms with E-state index in [0.717, 1.165) is 103 Å². The van der Waals surface area contributed by atoms with Gasteiger partial charge in [-0.15, -0.1) is 0 Å². The standard InChI is InChI=1S/C76H136O6/c1-4-7-10-13-16-19-22-25-28-30-32-34-36-37-38-40-41-43-45-48-51-54-57-60-63-66-69-75(78)81-72-73(71-80-74(77)68-65-62-59-56-53-50-47-27-24-21-18-15-12-9-6-3)82-76(79)70-67-64-61-58-55-52-49-46-44-42-39-35-33-31-29-26-23-20-17-14-11-8-5-2/h8,11,17-18,20-21,26-27,29,33,35,47,73H,4-7,9-10,12-16,19,22-25,28,30-32,34,36-46,48-72H2,1-3H3/b11-8-,20-17-,21-18-,29-26-,35-33-,47-27-. The topological polar surface area (TPSA) is 78.9 Å². The van der Waals surface area contributed by atoms with Gasteiger partial charge in [0.15, 0.2) is 6.10 Å². The normalized spacial score (nSPS) is 12.5. The van der Waals surface area contributed by atoms with Crippen LogP contribution in [0.1, 0.15) is 374 Å². The number of ether oxygens (including phenoxy) is 3. The van der Waals surface area contributed by atoms with Crippen LogP contribution in [0.15, 0.2) is 72.9 Å². The molecule has 0 aromatic heterocycles. The van der Waals surface area contributed by atoms with Crippen molar-refractivity contribution in [2.75, 3.05) is 13.2 Å². The average molecular weight is 1150 g/mol. The highest BCUT2D eigenvalue weighted by Gasteiger charge is 2.19. The second-order valence-corrected chi connectivity index (χ2v) is 24.1. The minimum absolute atomic E-state index is 0.0779. The van der Waals surface area contributed by atoms with Crippen LogP contribution >= 0.6 is 0 Å². The van der Waals surface area contributed by atoms with Crippen molar-refractivity contribution in [3.63, 3.8) is 0 Å². The molecule has 0 amide bonds. The number of hydrogen-bond acceptors (Lipinski definition) is 6. The fourth-order valence-electron chi connectivity index (χ4n) is 10.6. The monoisotopic (exact) mass is 1150 g/mol. The molecule has 82 heavy (non-hydrogen) atoms. The quantitative estimate of drug-likeness (QED) is 0.0261. The van der Waals surface area contributed by atoms with E-state index < -0.39 is 6.10 Å². The summed E-state index contributed by atoms with van der Waals surface area (Å²) >= 11 is 0. The molecule has 1 unspecified atom stereocenters. The zero-order chi connectivity index (χ0) is 59.2. The van der Waals surface area contributed by atoms with Crippen molar-refractivity contribution in [1.29, 1.82) is 0 Å². The molecule has 0 aromatic carbocycles. The molecule has 0 saturated heterocycles. The van der Waals surface area contributed by atoms with Crippen LogP contribution in [0.3, 0.4) is 0 Å². The third-order valence-corrected chi connectivity index (χ3v) is 15.9. The number of esters is 3. The van der Waals surface area contributed by atoms with Crippen molar-refractivity contribution in [2.24, 2.45) is 0 Å². The molecule has 0 fully saturated rings. The van der Waals surface area contributed by atoms with Gasteiger partial charge >= 0.3 is 17.9 Å². The van der Waals surface area contributed by atoms with Crippen LogP contribution in [0, 0.1) is 0 Å². The molecular formula is C76H136O6. The van der Waals surface area contributed by atoms with Crippen LogP contribution in [-0.2, 0) is 28.6 Å². The molecular weight excluding hydrogens is 1010 g/mol. The van der Waals surface area contributed by atoms with Crippen LogP contribution in [0.4, 0.5) is 0 Å². The number of allylic oxidation sites excluding steroid dienone is 12. The molecule has 6 heteroatoms. The van der Waals surface area contributed by atoms with Crippen molar-refractivity contribution in [1.82, 2.24) is 0 Å². The fraction of sp³-hybridized carbons (Fsp3) is 0.803. The Morgan fingerprint density at radius 1 is 0.256 bits per heavy atom. The average Bonchev–Trinajstić information content (AvgIpc) is 3.47. The molecule has 0 N–H and O–H groups in total. The first-order valence-corrected chi connectivity index (χ1v) is 35.9. The summed E-state index contributed by atoms with van der Waals surface area (Å²) in [4.78, 5) is 38.5. The van der Waals surface area contributed by atoms with E-state index in [1.165, 1.54) is 231 Å². The van der Waals surface area contributed by atoms with Gasteiger partial charge in [0.2, 0.25) is 0 Å². The Morgan fingerprint density at radius 3 is 0.768 bits per heavy atom. The zero-order valence-electron chi connectivity index (χ0n) is 54.8. The molecule has 0 rings (SSSR count). The smallest absolute Gasteiger partial charge is 0.306 e. The molecule has 476 valence electrons. The lowest BCUT2D eigenvalue weighted by Gasteiger charge is -2.18. The van der Waals surface area contributed by atoms with Gasteiger partial charge in [-0.1, -0.05) is 338 Å². The maximum Gasteiger partial charge on any atom is 0.306 e. The predicted octanol–water partition coefficient (Wildman–Crippen LogP) is 24.8. The Hall–Kier alpha value is -3.15. The zero-order valence-corrected chi connectivity index (χ0v) is 54.8. The number of carbonyl (C=O) groups excluding carboxylic acids is 3. The molecule has 0 aromatic rings. The maximum absolute atomic E-state index is 13.0. The third-order valence-electron chi connectivity index (χ3n) is 15.9. The maximum atomic E-state index is 13.0. The van der Waals surface area contributed by atoms with Crippen molar-refractivity contribution in [3.8, 4) is 0 Å². The van der Waals surface area contributed by atoms with Crippen LogP contribution in [0.5, 0.6) is 0 Å². The van der Waals surface area contributed by atoms with Crippen LogP contribution in [-0.4, -0.2) is 37.2 Å². The van der Waals surface area contributed by atoms with Crippen LogP contribution < -0.4 is 0 Å². The number of carbonyl (C=O) groups is 3. The third kappa shape index (κ3) is 67.6. The van der Waals surface area contributed by atoms with Crippen molar-refractivity contribution >= 4 is 17.9 Å². The van der Waals surface area contributed by atoms with Crippen molar-refractivity contribution < 1.29 is 28.6 Å². The SMILES string of the molecule is CC/C=C\C/C=C\C/C=C\C/C=C\CCCCCCCCCCCCC(=O)OC(COC(=O)CCCCCCC/C=C\C/C=C\CCCCC)COC(=O)CCCCCCCCCCCCCCCCCCCCCCCCCCCC. The second-order valence-electron chi connectivity index (χ2n) is 24.1. The summed E-state index contributed by atoms with van der Waals surface area (Å²) in [6.45, 7) is 6.55. The summed E-state index contributed by atoms with van der Waals surface area (Å²) in [5, 5.41) is 0. The van der Waals surface area contributed by atoms with Crippen molar-refractivity contribution in [3.05, 3.63) is 72.9 Å². The Balaban J connectivity index is 4.29. The molecule has 0 aliphatic heterocycles. The lowest BCUT2D eigenvalue weighted by molar-refractivity contribution is -0.167. The Bertz CT molecular complexity index is 1500. The van der Waals surface area contributed by atoms with E-state index in [1.54, 1.807) is 0 Å². The molecule has 1 atom stereocenters. The first kappa shape index (κ1) is 78.8. The molecule has 6 nitrogen and oxygen atoms in total. The summed E-state index contributed by atoms with van der Waals surface area (Å²) in [5.74, 6) is -0.874. The van der Waals surface area contributed by atoms with E-state index in [0.29, 0.717) is 19.3 Å². The van der Waals surface area contributed by atoms with E-state index >= 15 is 0 Å². The highest BCUT2D eigenvalue weighted by Crippen LogP contribution is 2.18. The molecule has 0 saturated carbocycles. The van der Waals surface area contributed by atoms with Gasteiger partial charge < -0.3 is 14.2 Å². The fourth-order valence-corrected chi connectivity index (χ4v) is 10.6. The van der Waals surface area contributed by atoms with Gasteiger partial charge in [-0.3, -0.25) is 14.4 Å². The molecule has 0 radical (unpaired) electrons. The van der Waals surface area contributed by atoms with Crippen LogP contribution in [0.25, 0.3) is 0 Å². The highest BCUT2D eigenvalue weighted by atomic mass is 16.6. The molecule has 0 bridgehead atoms. The number of rotatable bonds is 66. The summed E-state index contributed by atoms with van der Waals surface area (Å²) in [5.41, 5.74) is 0. The van der Waals surface area contributed by atoms with E-state index in [9.17, 15) is 14.4 Å². The van der Waals surface area contributed by atoms with Gasteiger partial charge in [-0.05, 0) is 89.9 Å². The Labute approximate surface area is 510 Å². The summed E-state index contributed by atoms with van der Waals surface area (Å²) in [6.07, 6.45) is 92.2. The summed E-state index contributed by atoms with van der Waals surface area (Å²) in [6, 6.07) is 0. The lowest BCUT2D eigenvalue weighted by atomic mass is 10.0. The van der Waals surface area contributed by atoms with Crippen LogP contribution in [0.2, 0.25) is 0 Å². The van der Waals surface area contributed by atoms with Gasteiger partial charge in [-0.25, -0.2) is 0 Å². The summed E-state index contributed by atoms with van der Waals surface area (Å²) < 4.78 is 17.0. The van der Waals surface area contributed by atoms with E-state index in [2.05, 4.69) is 93.7 Å². The largest absolute Gasteiger partial charge is 0.462 e. The first-order valence-electron chi connectivity index (χ1n) is 35.9. The lowest BCUT2D eigenvalue weighted by Crippen LogP contribution is -2.30. The predicted molar refractivity (Wildman–Crippen MR) is 358 cm³/mol. The Morgan fingerprint density at radius 2 is 0.476 bits per heavy atom. The summed E-state index contributed by atoms with van der Waals surface area (Å²) in [7, 11) is 0. The van der Waals surface area contributed by atoms with E-state index in [1.807, 2.05) is 0 Å². The van der Waals surface area contributed by atoms with E-state index in [-0.39, 0.29) is 31.1 Å². The first-order chi connectivity index (χ1) is 40.5. The van der Waals surface area contributed by atoms with Gasteiger partial charge in [0, 0.05) is 19.3 Å². The molecule has 0 heterocycles. The highest BCUT2D eigenvalue weighted by molar-refractivity contribution is 5.71. The number of hydrogen-bond donors (Lipinski definition) is 0. The second kappa shape index (κ2) is 70.3. The molecule has 0 aliphatic carbocycles. The van der Waals surface area contributed by atoms with Gasteiger partial charge in [-0.2, -0.15) is 0 Å². The Kier molecular flexibility index (Phi) is 67.6.